The van der Waals surface area contributed by atoms with Crippen molar-refractivity contribution >= 4 is 0 Å². The molecule has 2 nitrogen and oxygen atoms in total. The lowest BCUT2D eigenvalue weighted by atomic mass is 10.1. The second-order valence-electron chi connectivity index (χ2n) is 3.22. The molecule has 0 radical (unpaired) electrons. The molecule has 1 aromatic rings. The highest BCUT2D eigenvalue weighted by molar-refractivity contribution is 5.27. The van der Waals surface area contributed by atoms with E-state index in [-0.39, 0.29) is 6.04 Å². The molecule has 1 atom stereocenters. The molecule has 0 bridgehead atoms. The Labute approximate surface area is 79.7 Å². The van der Waals surface area contributed by atoms with Crippen molar-refractivity contribution in [1.29, 1.82) is 0 Å². The first-order valence-corrected chi connectivity index (χ1v) is 4.64. The minimum Gasteiger partial charge on any atom is -0.497 e. The van der Waals surface area contributed by atoms with Crippen molar-refractivity contribution < 1.29 is 4.74 Å². The SMILES string of the molecule is CC[C@H](N)Cc1ccc(OC)cc1. The van der Waals surface area contributed by atoms with E-state index >= 15 is 0 Å². The topological polar surface area (TPSA) is 35.2 Å². The van der Waals surface area contributed by atoms with Crippen LogP contribution in [0.15, 0.2) is 24.3 Å². The maximum Gasteiger partial charge on any atom is 0.118 e. The molecule has 1 aromatic carbocycles. The molecule has 0 unspecified atom stereocenters. The van der Waals surface area contributed by atoms with Crippen LogP contribution < -0.4 is 10.5 Å². The zero-order valence-electron chi connectivity index (χ0n) is 8.29. The Balaban J connectivity index is 2.58. The number of ether oxygens (including phenoxy) is 1. The molecule has 0 amide bonds. The van der Waals surface area contributed by atoms with Crippen LogP contribution in [0.3, 0.4) is 0 Å². The molecule has 0 fully saturated rings. The molecule has 2 heteroatoms. The minimum atomic E-state index is 0.272. The number of nitrogens with two attached hydrogens (primary N) is 1. The molecule has 2 N–H and O–H groups in total. The second-order valence-corrected chi connectivity index (χ2v) is 3.22. The Hall–Kier alpha value is -1.02. The van der Waals surface area contributed by atoms with Crippen LogP contribution in [0.1, 0.15) is 18.9 Å². The standard InChI is InChI=1S/C11H17NO/c1-3-10(12)8-9-4-6-11(13-2)7-5-9/h4-7,10H,3,8,12H2,1-2H3/t10-/m0/s1. The van der Waals surface area contributed by atoms with E-state index in [0.29, 0.717) is 0 Å². The first-order valence-electron chi connectivity index (χ1n) is 4.64. The Kier molecular flexibility index (Phi) is 3.77. The van der Waals surface area contributed by atoms with Crippen LogP contribution in [0.25, 0.3) is 0 Å². The summed E-state index contributed by atoms with van der Waals surface area (Å²) in [4.78, 5) is 0. The monoisotopic (exact) mass is 179 g/mol. The van der Waals surface area contributed by atoms with Gasteiger partial charge in [-0.25, -0.2) is 0 Å². The van der Waals surface area contributed by atoms with Gasteiger partial charge in [0.15, 0.2) is 0 Å². The lowest BCUT2D eigenvalue weighted by Crippen LogP contribution is -2.21. The van der Waals surface area contributed by atoms with Gasteiger partial charge in [-0.2, -0.15) is 0 Å². The second kappa shape index (κ2) is 4.87. The van der Waals surface area contributed by atoms with Crippen molar-refractivity contribution in [2.45, 2.75) is 25.8 Å². The third kappa shape index (κ3) is 3.07. The number of benzene rings is 1. The fraction of sp³-hybridized carbons (Fsp3) is 0.455. The van der Waals surface area contributed by atoms with E-state index in [1.165, 1.54) is 5.56 Å². The van der Waals surface area contributed by atoms with Crippen molar-refractivity contribution in [2.75, 3.05) is 7.11 Å². The van der Waals surface area contributed by atoms with E-state index in [9.17, 15) is 0 Å². The normalized spacial score (nSPS) is 12.5. The van der Waals surface area contributed by atoms with Crippen molar-refractivity contribution in [3.8, 4) is 5.75 Å². The van der Waals surface area contributed by atoms with Gasteiger partial charge in [0.2, 0.25) is 0 Å². The molecular formula is C11H17NO. The highest BCUT2D eigenvalue weighted by atomic mass is 16.5. The van der Waals surface area contributed by atoms with Gasteiger partial charge >= 0.3 is 0 Å². The molecule has 0 aliphatic heterocycles. The van der Waals surface area contributed by atoms with Gasteiger partial charge in [0.25, 0.3) is 0 Å². The van der Waals surface area contributed by atoms with Gasteiger partial charge in [-0.15, -0.1) is 0 Å². The average Bonchev–Trinajstić information content (AvgIpc) is 2.19. The maximum absolute atomic E-state index is 5.84. The Morgan fingerprint density at radius 1 is 1.31 bits per heavy atom. The molecule has 0 saturated heterocycles. The van der Waals surface area contributed by atoms with Gasteiger partial charge in [-0.1, -0.05) is 19.1 Å². The third-order valence-electron chi connectivity index (χ3n) is 2.18. The first-order chi connectivity index (χ1) is 6.26. The Bertz CT molecular complexity index is 243. The van der Waals surface area contributed by atoms with E-state index in [1.807, 2.05) is 12.1 Å². The smallest absolute Gasteiger partial charge is 0.118 e. The number of hydrogen-bond acceptors (Lipinski definition) is 2. The van der Waals surface area contributed by atoms with Crippen LogP contribution in [0, 0.1) is 0 Å². The summed E-state index contributed by atoms with van der Waals surface area (Å²) in [5.74, 6) is 0.897. The predicted octanol–water partition coefficient (Wildman–Crippen LogP) is 1.98. The van der Waals surface area contributed by atoms with Crippen LogP contribution in [-0.2, 0) is 6.42 Å². The first kappa shape index (κ1) is 10.1. The van der Waals surface area contributed by atoms with Crippen molar-refractivity contribution in [2.24, 2.45) is 5.73 Å². The van der Waals surface area contributed by atoms with Crippen LogP contribution in [-0.4, -0.2) is 13.2 Å². The molecule has 0 spiro atoms. The number of hydrogen-bond donors (Lipinski definition) is 1. The molecule has 0 aliphatic rings. The zero-order chi connectivity index (χ0) is 9.68. The van der Waals surface area contributed by atoms with Crippen LogP contribution in [0.4, 0.5) is 0 Å². The quantitative estimate of drug-likeness (QED) is 0.767. The highest BCUT2D eigenvalue weighted by Crippen LogP contribution is 2.12. The Morgan fingerprint density at radius 2 is 1.92 bits per heavy atom. The zero-order valence-corrected chi connectivity index (χ0v) is 8.29. The molecular weight excluding hydrogens is 162 g/mol. The highest BCUT2D eigenvalue weighted by Gasteiger charge is 2.00. The molecule has 0 saturated carbocycles. The van der Waals surface area contributed by atoms with E-state index in [0.717, 1.165) is 18.6 Å². The summed E-state index contributed by atoms with van der Waals surface area (Å²) in [6.07, 6.45) is 1.96. The molecule has 0 aliphatic carbocycles. The fourth-order valence-corrected chi connectivity index (χ4v) is 1.21. The van der Waals surface area contributed by atoms with Gasteiger partial charge < -0.3 is 10.5 Å². The summed E-state index contributed by atoms with van der Waals surface area (Å²) in [6, 6.07) is 8.34. The van der Waals surface area contributed by atoms with Gasteiger partial charge in [0.05, 0.1) is 7.11 Å². The minimum absolute atomic E-state index is 0.272. The summed E-state index contributed by atoms with van der Waals surface area (Å²) >= 11 is 0. The predicted molar refractivity (Wildman–Crippen MR) is 55.0 cm³/mol. The van der Waals surface area contributed by atoms with Crippen molar-refractivity contribution in [1.82, 2.24) is 0 Å². The van der Waals surface area contributed by atoms with Crippen LogP contribution in [0.2, 0.25) is 0 Å². The average molecular weight is 179 g/mol. The molecule has 1 rings (SSSR count). The molecule has 0 heterocycles. The summed E-state index contributed by atoms with van der Waals surface area (Å²) < 4.78 is 5.07. The molecule has 72 valence electrons. The van der Waals surface area contributed by atoms with Gasteiger partial charge in [-0.05, 0) is 30.5 Å². The number of rotatable bonds is 4. The van der Waals surface area contributed by atoms with E-state index in [2.05, 4.69) is 19.1 Å². The summed E-state index contributed by atoms with van der Waals surface area (Å²) in [6.45, 7) is 2.11. The van der Waals surface area contributed by atoms with Gasteiger partial charge in [0.1, 0.15) is 5.75 Å². The van der Waals surface area contributed by atoms with Gasteiger partial charge in [-0.3, -0.25) is 0 Å². The largest absolute Gasteiger partial charge is 0.497 e. The third-order valence-corrected chi connectivity index (χ3v) is 2.18. The maximum atomic E-state index is 5.84. The summed E-state index contributed by atoms with van der Waals surface area (Å²) in [5, 5.41) is 0. The molecule has 13 heavy (non-hydrogen) atoms. The van der Waals surface area contributed by atoms with Crippen molar-refractivity contribution in [3.63, 3.8) is 0 Å². The van der Waals surface area contributed by atoms with Crippen LogP contribution in [0.5, 0.6) is 5.75 Å². The van der Waals surface area contributed by atoms with E-state index in [1.54, 1.807) is 7.11 Å². The van der Waals surface area contributed by atoms with E-state index < -0.39 is 0 Å². The van der Waals surface area contributed by atoms with Crippen molar-refractivity contribution in [3.05, 3.63) is 29.8 Å². The summed E-state index contributed by atoms with van der Waals surface area (Å²) in [5.41, 5.74) is 7.12. The lowest BCUT2D eigenvalue weighted by Gasteiger charge is -2.08. The molecule has 0 aromatic heterocycles. The van der Waals surface area contributed by atoms with Crippen LogP contribution >= 0.6 is 0 Å². The Morgan fingerprint density at radius 3 is 2.38 bits per heavy atom. The lowest BCUT2D eigenvalue weighted by molar-refractivity contribution is 0.414. The summed E-state index contributed by atoms with van der Waals surface area (Å²) in [7, 11) is 1.67. The number of methoxy groups -OCH3 is 1. The fourth-order valence-electron chi connectivity index (χ4n) is 1.21. The van der Waals surface area contributed by atoms with Gasteiger partial charge in [0, 0.05) is 6.04 Å². The van der Waals surface area contributed by atoms with E-state index in [4.69, 9.17) is 10.5 Å².